The van der Waals surface area contributed by atoms with E-state index < -0.39 is 34.0 Å². The highest BCUT2D eigenvalue weighted by Crippen LogP contribution is 2.56. The number of thioether (sulfide) groups is 1. The summed E-state index contributed by atoms with van der Waals surface area (Å²) < 4.78 is 92.2. The van der Waals surface area contributed by atoms with Crippen molar-refractivity contribution in [2.75, 3.05) is 0 Å². The summed E-state index contributed by atoms with van der Waals surface area (Å²) in [5.41, 5.74) is 1.18. The number of halogens is 9. The highest BCUT2D eigenvalue weighted by atomic mass is 79.9. The van der Waals surface area contributed by atoms with Crippen LogP contribution in [0.15, 0.2) is 50.2 Å². The Balaban J connectivity index is 2.63. The van der Waals surface area contributed by atoms with E-state index in [2.05, 4.69) is 31.9 Å². The molecule has 0 aliphatic rings. The van der Waals surface area contributed by atoms with Gasteiger partial charge in [-0.25, -0.2) is 0 Å². The van der Waals surface area contributed by atoms with Crippen LogP contribution in [0, 0.1) is 6.92 Å². The zero-order valence-electron chi connectivity index (χ0n) is 12.8. The number of benzene rings is 2. The Morgan fingerprint density at radius 3 is 2.00 bits per heavy atom. The lowest BCUT2D eigenvalue weighted by molar-refractivity contribution is -0.330. The third kappa shape index (κ3) is 4.06. The lowest BCUT2D eigenvalue weighted by Crippen LogP contribution is -2.49. The van der Waals surface area contributed by atoms with Gasteiger partial charge in [-0.3, -0.25) is 0 Å². The minimum Gasteiger partial charge on any atom is -0.188 e. The molecule has 0 atom stereocenters. The molecular formula is C16H9Br2F7S. The van der Waals surface area contributed by atoms with Gasteiger partial charge >= 0.3 is 17.4 Å². The molecule has 0 saturated heterocycles. The molecule has 0 aliphatic heterocycles. The van der Waals surface area contributed by atoms with E-state index in [0.29, 0.717) is 11.1 Å². The molecule has 0 nitrogen and oxygen atoms in total. The van der Waals surface area contributed by atoms with Crippen LogP contribution < -0.4 is 0 Å². The fourth-order valence-corrected chi connectivity index (χ4v) is 4.86. The van der Waals surface area contributed by atoms with Crippen LogP contribution in [0.1, 0.15) is 5.56 Å². The van der Waals surface area contributed by atoms with Gasteiger partial charge in [0.15, 0.2) is 0 Å². The minimum absolute atomic E-state index is 0.106. The quantitative estimate of drug-likeness (QED) is 0.287. The molecule has 0 bridgehead atoms. The molecule has 0 unspecified atom stereocenters. The molecule has 0 N–H and O–H groups in total. The Bertz CT molecular complexity index is 819. The van der Waals surface area contributed by atoms with Gasteiger partial charge in [0, 0.05) is 19.4 Å². The predicted molar refractivity (Wildman–Crippen MR) is 93.8 cm³/mol. The fraction of sp³-hybridized carbons (Fsp3) is 0.250. The van der Waals surface area contributed by atoms with Crippen LogP contribution in [-0.2, 0) is 0 Å². The lowest BCUT2D eigenvalue weighted by Gasteiger charge is -2.28. The van der Waals surface area contributed by atoms with Crippen molar-refractivity contribution < 1.29 is 30.7 Å². The lowest BCUT2D eigenvalue weighted by atomic mass is 10.0. The fourth-order valence-electron chi connectivity index (χ4n) is 2.11. The van der Waals surface area contributed by atoms with E-state index in [1.165, 1.54) is 6.07 Å². The van der Waals surface area contributed by atoms with Gasteiger partial charge in [0.2, 0.25) is 0 Å². The molecule has 0 amide bonds. The molecule has 26 heavy (non-hydrogen) atoms. The van der Waals surface area contributed by atoms with Gasteiger partial charge in [-0.05, 0) is 41.9 Å². The molecule has 2 aromatic carbocycles. The van der Waals surface area contributed by atoms with Gasteiger partial charge in [0.1, 0.15) is 0 Å². The second-order valence-corrected chi connectivity index (χ2v) is 8.19. The van der Waals surface area contributed by atoms with E-state index in [9.17, 15) is 30.7 Å². The Morgan fingerprint density at radius 2 is 1.46 bits per heavy atom. The monoisotopic (exact) mass is 524 g/mol. The van der Waals surface area contributed by atoms with Gasteiger partial charge in [0.25, 0.3) is 0 Å². The summed E-state index contributed by atoms with van der Waals surface area (Å²) in [6, 6.07) is 9.09. The Hall–Kier alpha value is -0.740. The summed E-state index contributed by atoms with van der Waals surface area (Å²) in [6.07, 6.45) is -6.38. The predicted octanol–water partition coefficient (Wildman–Crippen LogP) is 8.07. The van der Waals surface area contributed by atoms with Crippen molar-refractivity contribution in [1.82, 2.24) is 0 Å². The third-order valence-electron chi connectivity index (χ3n) is 3.39. The van der Waals surface area contributed by atoms with Crippen LogP contribution in [0.3, 0.4) is 0 Å². The van der Waals surface area contributed by atoms with Gasteiger partial charge in [-0.2, -0.15) is 30.7 Å². The average Bonchev–Trinajstić information content (AvgIpc) is 2.46. The molecule has 0 fully saturated rings. The molecule has 0 spiro atoms. The molecular weight excluding hydrogens is 517 g/mol. The highest BCUT2D eigenvalue weighted by Gasteiger charge is 2.73. The van der Waals surface area contributed by atoms with Gasteiger partial charge in [-0.15, -0.1) is 0 Å². The van der Waals surface area contributed by atoms with Crippen molar-refractivity contribution in [2.45, 2.75) is 29.2 Å². The molecule has 0 heterocycles. The maximum absolute atomic E-state index is 13.9. The second-order valence-electron chi connectivity index (χ2n) is 5.27. The van der Waals surface area contributed by atoms with Gasteiger partial charge in [-0.1, -0.05) is 56.1 Å². The van der Waals surface area contributed by atoms with Crippen LogP contribution in [0.25, 0.3) is 11.1 Å². The van der Waals surface area contributed by atoms with E-state index >= 15 is 0 Å². The summed E-state index contributed by atoms with van der Waals surface area (Å²) in [5, 5.41) is -5.40. The molecule has 10 heteroatoms. The topological polar surface area (TPSA) is 0 Å². The Kier molecular flexibility index (Phi) is 6.09. The number of hydrogen-bond acceptors (Lipinski definition) is 1. The SMILES string of the molecule is Cc1ccccc1-c1c(Br)cc(Br)cc1SC(F)(F)C(F)(F)C(F)(F)F. The van der Waals surface area contributed by atoms with E-state index in [1.54, 1.807) is 31.2 Å². The van der Waals surface area contributed by atoms with Crippen molar-refractivity contribution in [2.24, 2.45) is 0 Å². The van der Waals surface area contributed by atoms with Gasteiger partial charge in [0.05, 0.1) is 0 Å². The Labute approximate surface area is 165 Å². The molecule has 0 aliphatic carbocycles. The Morgan fingerprint density at radius 1 is 0.885 bits per heavy atom. The zero-order valence-corrected chi connectivity index (χ0v) is 16.8. The van der Waals surface area contributed by atoms with Gasteiger partial charge < -0.3 is 0 Å². The molecule has 0 saturated carbocycles. The summed E-state index contributed by atoms with van der Waals surface area (Å²) in [7, 11) is 0. The maximum atomic E-state index is 13.9. The van der Waals surface area contributed by atoms with Crippen molar-refractivity contribution >= 4 is 43.6 Å². The largest absolute Gasteiger partial charge is 0.460 e. The van der Waals surface area contributed by atoms with E-state index in [4.69, 9.17) is 0 Å². The van der Waals surface area contributed by atoms with Crippen molar-refractivity contribution in [3.63, 3.8) is 0 Å². The third-order valence-corrected chi connectivity index (χ3v) is 5.53. The normalized spacial score (nSPS) is 13.2. The van der Waals surface area contributed by atoms with E-state index in [-0.39, 0.29) is 14.5 Å². The summed E-state index contributed by atoms with van der Waals surface area (Å²) in [6.45, 7) is 1.67. The number of alkyl halides is 7. The first kappa shape index (κ1) is 21.6. The summed E-state index contributed by atoms with van der Waals surface area (Å²) in [4.78, 5) is -0.422. The zero-order chi connectivity index (χ0) is 19.9. The van der Waals surface area contributed by atoms with Crippen LogP contribution >= 0.6 is 43.6 Å². The van der Waals surface area contributed by atoms with Crippen molar-refractivity contribution in [3.05, 3.63) is 50.9 Å². The van der Waals surface area contributed by atoms with Crippen LogP contribution in [0.2, 0.25) is 0 Å². The van der Waals surface area contributed by atoms with Crippen molar-refractivity contribution in [1.29, 1.82) is 0 Å². The molecule has 2 aromatic rings. The number of hydrogen-bond donors (Lipinski definition) is 0. The second kappa shape index (κ2) is 7.35. The summed E-state index contributed by atoms with van der Waals surface area (Å²) in [5.74, 6) is -6.19. The average molecular weight is 526 g/mol. The molecule has 142 valence electrons. The summed E-state index contributed by atoms with van der Waals surface area (Å²) >= 11 is 5.38. The smallest absolute Gasteiger partial charge is 0.188 e. The highest BCUT2D eigenvalue weighted by molar-refractivity contribution is 9.11. The van der Waals surface area contributed by atoms with E-state index in [0.717, 1.165) is 6.07 Å². The maximum Gasteiger partial charge on any atom is 0.460 e. The number of rotatable bonds is 4. The number of aryl methyl sites for hydroxylation is 1. The van der Waals surface area contributed by atoms with Crippen molar-refractivity contribution in [3.8, 4) is 11.1 Å². The first-order valence-electron chi connectivity index (χ1n) is 6.84. The molecule has 2 rings (SSSR count). The van der Waals surface area contributed by atoms with Crippen LogP contribution in [-0.4, -0.2) is 17.4 Å². The molecule has 0 radical (unpaired) electrons. The standard InChI is InChI=1S/C16H9Br2F7S/c1-8-4-2-3-5-10(8)13-11(18)6-9(17)7-12(13)26-16(24,25)14(19,20)15(21,22)23/h2-7H,1H3. The first-order chi connectivity index (χ1) is 11.8. The van der Waals surface area contributed by atoms with E-state index in [1.807, 2.05) is 0 Å². The van der Waals surface area contributed by atoms with Crippen LogP contribution in [0.5, 0.6) is 0 Å². The van der Waals surface area contributed by atoms with Crippen LogP contribution in [0.4, 0.5) is 30.7 Å². The minimum atomic E-state index is -6.38. The molecule has 0 aromatic heterocycles. The first-order valence-corrected chi connectivity index (χ1v) is 9.24.